The number of rotatable bonds is 4. The first kappa shape index (κ1) is 18.7. The van der Waals surface area contributed by atoms with Gasteiger partial charge in [-0.15, -0.1) is 21.5 Å². The van der Waals surface area contributed by atoms with Crippen molar-refractivity contribution in [3.8, 4) is 10.6 Å². The van der Waals surface area contributed by atoms with Crippen molar-refractivity contribution in [2.24, 2.45) is 0 Å². The van der Waals surface area contributed by atoms with Crippen LogP contribution >= 0.6 is 22.9 Å². The lowest BCUT2D eigenvalue weighted by Crippen LogP contribution is -2.48. The number of hydrogen-bond acceptors (Lipinski definition) is 5. The van der Waals surface area contributed by atoms with E-state index in [-0.39, 0.29) is 5.91 Å². The van der Waals surface area contributed by atoms with E-state index in [2.05, 4.69) is 15.1 Å². The summed E-state index contributed by atoms with van der Waals surface area (Å²) in [4.78, 5) is 17.6. The number of piperazine rings is 1. The van der Waals surface area contributed by atoms with E-state index in [1.165, 1.54) is 0 Å². The van der Waals surface area contributed by atoms with Crippen LogP contribution in [0.5, 0.6) is 0 Å². The number of halogens is 1. The topological polar surface area (TPSA) is 49.3 Å². The molecule has 1 fully saturated rings. The Kier molecular flexibility index (Phi) is 5.69. The molecule has 0 spiro atoms. The Morgan fingerprint density at radius 3 is 2.50 bits per heavy atom. The summed E-state index contributed by atoms with van der Waals surface area (Å²) in [5.41, 5.74) is 1.73. The van der Waals surface area contributed by atoms with Gasteiger partial charge in [0, 0.05) is 37.3 Å². The highest BCUT2D eigenvalue weighted by Crippen LogP contribution is 2.23. The molecule has 28 heavy (non-hydrogen) atoms. The summed E-state index contributed by atoms with van der Waals surface area (Å²) in [5, 5.41) is 11.4. The maximum Gasteiger partial charge on any atom is 0.246 e. The van der Waals surface area contributed by atoms with Crippen LogP contribution in [0.3, 0.4) is 0 Å². The van der Waals surface area contributed by atoms with Crippen LogP contribution in [0.4, 0.5) is 5.82 Å². The van der Waals surface area contributed by atoms with Crippen molar-refractivity contribution in [3.63, 3.8) is 0 Å². The van der Waals surface area contributed by atoms with Gasteiger partial charge in [0.1, 0.15) is 5.69 Å². The maximum atomic E-state index is 12.5. The third-order valence-electron chi connectivity index (χ3n) is 4.65. The van der Waals surface area contributed by atoms with Crippen LogP contribution in [-0.2, 0) is 4.79 Å². The molecule has 1 aromatic carbocycles. The molecule has 3 aromatic rings. The van der Waals surface area contributed by atoms with Crippen LogP contribution < -0.4 is 4.90 Å². The minimum Gasteiger partial charge on any atom is -0.352 e. The van der Waals surface area contributed by atoms with Crippen LogP contribution in [0.1, 0.15) is 5.56 Å². The molecule has 0 atom stereocenters. The molecule has 1 aliphatic rings. The largest absolute Gasteiger partial charge is 0.352 e. The van der Waals surface area contributed by atoms with Gasteiger partial charge in [0.25, 0.3) is 0 Å². The monoisotopic (exact) mass is 410 g/mol. The molecule has 142 valence electrons. The zero-order chi connectivity index (χ0) is 19.3. The number of benzene rings is 1. The highest BCUT2D eigenvalue weighted by atomic mass is 35.5. The molecule has 0 aliphatic carbocycles. The van der Waals surface area contributed by atoms with E-state index in [1.54, 1.807) is 23.5 Å². The molecule has 0 bridgehead atoms. The number of nitrogens with zero attached hydrogens (tertiary/aromatic N) is 4. The highest BCUT2D eigenvalue weighted by Gasteiger charge is 2.21. The summed E-state index contributed by atoms with van der Waals surface area (Å²) >= 11 is 7.78. The van der Waals surface area contributed by atoms with E-state index in [9.17, 15) is 4.79 Å². The van der Waals surface area contributed by atoms with E-state index in [1.807, 2.05) is 58.8 Å². The quantitative estimate of drug-likeness (QED) is 0.604. The summed E-state index contributed by atoms with van der Waals surface area (Å²) in [6.07, 6.45) is 3.36. The number of anilines is 1. The normalized spacial score (nSPS) is 14.6. The summed E-state index contributed by atoms with van der Waals surface area (Å²) in [6, 6.07) is 15.5. The van der Waals surface area contributed by atoms with Gasteiger partial charge in [-0.25, -0.2) is 0 Å². The second-order valence-electron chi connectivity index (χ2n) is 6.42. The predicted molar refractivity (Wildman–Crippen MR) is 115 cm³/mol. The predicted octanol–water partition coefficient (Wildman–Crippen LogP) is 4.22. The van der Waals surface area contributed by atoms with Crippen LogP contribution in [0, 0.1) is 0 Å². The summed E-state index contributed by atoms with van der Waals surface area (Å²) < 4.78 is 0. The van der Waals surface area contributed by atoms with Crippen molar-refractivity contribution in [1.29, 1.82) is 0 Å². The van der Waals surface area contributed by atoms with Crippen LogP contribution in [0.25, 0.3) is 16.6 Å². The van der Waals surface area contributed by atoms with Gasteiger partial charge in [-0.3, -0.25) is 4.79 Å². The molecule has 5 nitrogen and oxygen atoms in total. The Bertz CT molecular complexity index is 964. The molecule has 3 heterocycles. The van der Waals surface area contributed by atoms with E-state index >= 15 is 0 Å². The Labute approximate surface area is 172 Å². The van der Waals surface area contributed by atoms with Crippen molar-refractivity contribution in [2.45, 2.75) is 0 Å². The van der Waals surface area contributed by atoms with Crippen molar-refractivity contribution in [2.75, 3.05) is 31.1 Å². The molecule has 0 radical (unpaired) electrons. The highest BCUT2D eigenvalue weighted by molar-refractivity contribution is 7.13. The van der Waals surface area contributed by atoms with Crippen LogP contribution in [0.2, 0.25) is 5.02 Å². The molecule has 4 rings (SSSR count). The van der Waals surface area contributed by atoms with Crippen LogP contribution in [-0.4, -0.2) is 47.2 Å². The number of hydrogen-bond donors (Lipinski definition) is 0. The van der Waals surface area contributed by atoms with Crippen LogP contribution in [0.15, 0.2) is 60.0 Å². The fraction of sp³-hybridized carbons (Fsp3) is 0.190. The van der Waals surface area contributed by atoms with Crippen molar-refractivity contribution < 1.29 is 4.79 Å². The standard InChI is InChI=1S/C21H19ClN4OS/c22-17-5-2-1-4-16(17)7-10-21(27)26-13-11-25(12-14-26)20-9-8-18(23-24-20)19-6-3-15-28-19/h1-10,15H,11-14H2/b10-7+. The number of carbonyl (C=O) groups is 1. The van der Waals surface area contributed by atoms with Crippen molar-refractivity contribution in [3.05, 3.63) is 70.6 Å². The smallest absolute Gasteiger partial charge is 0.246 e. The fourth-order valence-corrected chi connectivity index (χ4v) is 3.97. The summed E-state index contributed by atoms with van der Waals surface area (Å²) in [5.74, 6) is 0.845. The minimum atomic E-state index is -0.00121. The number of aromatic nitrogens is 2. The Hall–Kier alpha value is -2.70. The second kappa shape index (κ2) is 8.54. The van der Waals surface area contributed by atoms with Gasteiger partial charge in [-0.1, -0.05) is 35.9 Å². The van der Waals surface area contributed by atoms with Gasteiger partial charge < -0.3 is 9.80 Å². The average molecular weight is 411 g/mol. The van der Waals surface area contributed by atoms with Crippen molar-refractivity contribution in [1.82, 2.24) is 15.1 Å². The lowest BCUT2D eigenvalue weighted by molar-refractivity contribution is -0.126. The van der Waals surface area contributed by atoms with Gasteiger partial charge >= 0.3 is 0 Å². The van der Waals surface area contributed by atoms with E-state index in [0.717, 1.165) is 35.0 Å². The molecule has 0 N–H and O–H groups in total. The third-order valence-corrected chi connectivity index (χ3v) is 5.89. The molecule has 1 amide bonds. The van der Waals surface area contributed by atoms with E-state index in [4.69, 9.17) is 11.6 Å². The first-order chi connectivity index (χ1) is 13.7. The zero-order valence-corrected chi connectivity index (χ0v) is 16.7. The SMILES string of the molecule is O=C(/C=C/c1ccccc1Cl)N1CCN(c2ccc(-c3cccs3)nn2)CC1. The molecule has 1 saturated heterocycles. The summed E-state index contributed by atoms with van der Waals surface area (Å²) in [7, 11) is 0. The molecule has 2 aromatic heterocycles. The van der Waals surface area contributed by atoms with Gasteiger partial charge in [0.05, 0.1) is 4.88 Å². The van der Waals surface area contributed by atoms with Gasteiger partial charge in [0.15, 0.2) is 5.82 Å². The molecule has 1 aliphatic heterocycles. The fourth-order valence-electron chi connectivity index (χ4n) is 3.08. The lowest BCUT2D eigenvalue weighted by Gasteiger charge is -2.34. The first-order valence-electron chi connectivity index (χ1n) is 9.05. The number of carbonyl (C=O) groups excluding carboxylic acids is 1. The Balaban J connectivity index is 1.34. The molecular weight excluding hydrogens is 392 g/mol. The molecular formula is C21H19ClN4OS. The summed E-state index contributed by atoms with van der Waals surface area (Å²) in [6.45, 7) is 2.78. The van der Waals surface area contributed by atoms with Crippen molar-refractivity contribution >= 4 is 40.7 Å². The van der Waals surface area contributed by atoms with E-state index in [0.29, 0.717) is 18.1 Å². The molecule has 0 unspecified atom stereocenters. The second-order valence-corrected chi connectivity index (χ2v) is 7.78. The zero-order valence-electron chi connectivity index (χ0n) is 15.2. The maximum absolute atomic E-state index is 12.5. The van der Waals surface area contributed by atoms with Gasteiger partial charge in [-0.2, -0.15) is 0 Å². The molecule has 0 saturated carbocycles. The third kappa shape index (κ3) is 4.24. The number of thiophene rings is 1. The van der Waals surface area contributed by atoms with Gasteiger partial charge in [-0.05, 0) is 41.3 Å². The average Bonchev–Trinajstić information content (AvgIpc) is 3.28. The Morgan fingerprint density at radius 1 is 1.00 bits per heavy atom. The Morgan fingerprint density at radius 2 is 1.82 bits per heavy atom. The van der Waals surface area contributed by atoms with E-state index < -0.39 is 0 Å². The first-order valence-corrected chi connectivity index (χ1v) is 10.3. The minimum absolute atomic E-state index is 0.00121. The lowest BCUT2D eigenvalue weighted by atomic mass is 10.2. The number of amides is 1. The van der Waals surface area contributed by atoms with Gasteiger partial charge in [0.2, 0.25) is 5.91 Å². The molecule has 7 heteroatoms.